The van der Waals surface area contributed by atoms with E-state index in [1.807, 2.05) is 58.0 Å². The Morgan fingerprint density at radius 3 is 1.96 bits per heavy atom. The molecule has 0 saturated heterocycles. The van der Waals surface area contributed by atoms with E-state index in [0.717, 1.165) is 63.1 Å². The number of rotatable bonds is 11. The van der Waals surface area contributed by atoms with E-state index < -0.39 is 24.7 Å². The van der Waals surface area contributed by atoms with Crippen LogP contribution in [-0.2, 0) is 36.7 Å². The molecule has 0 bridgehead atoms. The molecule has 54 heavy (non-hydrogen) atoms. The summed E-state index contributed by atoms with van der Waals surface area (Å²) in [5, 5.41) is 13.5. The van der Waals surface area contributed by atoms with Crippen LogP contribution in [-0.4, -0.2) is 28.2 Å². The maximum atomic E-state index is 13.1. The molecule has 1 N–H and O–H groups in total. The summed E-state index contributed by atoms with van der Waals surface area (Å²) in [6, 6.07) is 20.5. The van der Waals surface area contributed by atoms with E-state index in [9.17, 15) is 36.2 Å². The predicted molar refractivity (Wildman–Crippen MR) is 205 cm³/mol. The van der Waals surface area contributed by atoms with Crippen molar-refractivity contribution in [3.63, 3.8) is 0 Å². The number of ketones is 1. The maximum absolute atomic E-state index is 13.1. The van der Waals surface area contributed by atoms with Crippen LogP contribution >= 0.6 is 11.3 Å². The standard InChI is InChI=1S/C30H24F6NS.C13H24O2.Ir/c1-28(2,3)23-16-19(15-18-7-4-5-9-20(18)23)25-27-22(13-14-37-25)21-10-6-8-17(26(21)38-27)11-12-24(29(31,32)33)30(34,35)36;1-5-10(6-2)12(14)9-13(15)11(7-3)8-4;/h4-10,13-14,16,24H,11-12H2,1-3H3;9-11,14H,5-8H2,1-4H3;/q-1;;/b;12-9-;. The molecule has 0 saturated carbocycles. The summed E-state index contributed by atoms with van der Waals surface area (Å²) >= 11 is 1.35. The summed E-state index contributed by atoms with van der Waals surface area (Å²) in [7, 11) is 0. The minimum atomic E-state index is -5.35. The van der Waals surface area contributed by atoms with Crippen LogP contribution in [0.1, 0.15) is 91.7 Å². The Labute approximate surface area is 331 Å². The van der Waals surface area contributed by atoms with Crippen molar-refractivity contribution in [2.45, 2.75) is 105 Å². The molecule has 3 nitrogen and oxygen atoms in total. The van der Waals surface area contributed by atoms with Gasteiger partial charge in [-0.15, -0.1) is 40.5 Å². The normalized spacial score (nSPS) is 12.9. The Kier molecular flexibility index (Phi) is 15.5. The van der Waals surface area contributed by atoms with Gasteiger partial charge in [-0.05, 0) is 61.0 Å². The van der Waals surface area contributed by atoms with Crippen molar-refractivity contribution in [2.75, 3.05) is 0 Å². The molecule has 0 aliphatic heterocycles. The minimum Gasteiger partial charge on any atom is -0.512 e. The van der Waals surface area contributed by atoms with Crippen LogP contribution in [0, 0.1) is 23.8 Å². The number of halogens is 6. The van der Waals surface area contributed by atoms with E-state index in [-0.39, 0.29) is 55.3 Å². The zero-order valence-electron chi connectivity index (χ0n) is 31.6. The molecular formula is C43H48F6IrNO2S-. The fourth-order valence-electron chi connectivity index (χ4n) is 6.74. The molecule has 0 aliphatic carbocycles. The van der Waals surface area contributed by atoms with Crippen molar-refractivity contribution in [3.8, 4) is 11.3 Å². The van der Waals surface area contributed by atoms with Gasteiger partial charge in [0.25, 0.3) is 0 Å². The van der Waals surface area contributed by atoms with Gasteiger partial charge in [0.1, 0.15) is 0 Å². The number of aryl methyl sites for hydroxylation is 1. The van der Waals surface area contributed by atoms with Gasteiger partial charge in [-0.25, -0.2) is 0 Å². The third kappa shape index (κ3) is 10.5. The molecule has 11 heteroatoms. The van der Waals surface area contributed by atoms with E-state index in [0.29, 0.717) is 16.0 Å². The Balaban J connectivity index is 0.000000418. The molecule has 5 rings (SSSR count). The summed E-state index contributed by atoms with van der Waals surface area (Å²) in [5.41, 5.74) is 2.92. The molecule has 0 fully saturated rings. The van der Waals surface area contributed by atoms with Crippen LogP contribution in [0.25, 0.3) is 42.2 Å². The summed E-state index contributed by atoms with van der Waals surface area (Å²) in [6.07, 6.45) is -5.50. The fourth-order valence-corrected chi connectivity index (χ4v) is 8.08. The SMILES string of the molecule is CC(C)(C)c1cc(-c2nccc3c2sc2c(CCC(C(F)(F)F)C(F)(F)F)cccc23)[c-]c2ccccc12.CCC(CC)C(=O)/C=C(\O)C(CC)CC.[Ir]. The second-order valence-electron chi connectivity index (χ2n) is 14.5. The number of fused-ring (bicyclic) bond motifs is 4. The van der Waals surface area contributed by atoms with Crippen molar-refractivity contribution in [1.82, 2.24) is 4.98 Å². The number of aliphatic hydroxyl groups excluding tert-OH is 1. The molecule has 3 aromatic carbocycles. The van der Waals surface area contributed by atoms with Crippen LogP contribution < -0.4 is 0 Å². The molecule has 5 aromatic rings. The first-order chi connectivity index (χ1) is 24.8. The number of thiophene rings is 1. The van der Waals surface area contributed by atoms with Crippen molar-refractivity contribution in [1.29, 1.82) is 0 Å². The van der Waals surface area contributed by atoms with Gasteiger partial charge in [0, 0.05) is 64.7 Å². The first-order valence-electron chi connectivity index (χ1n) is 18.2. The number of aromatic nitrogens is 1. The molecule has 0 amide bonds. The average molecular weight is 949 g/mol. The molecule has 0 atom stereocenters. The predicted octanol–water partition coefficient (Wildman–Crippen LogP) is 13.9. The first kappa shape index (κ1) is 45.1. The van der Waals surface area contributed by atoms with E-state index >= 15 is 0 Å². The molecule has 0 unspecified atom stereocenters. The van der Waals surface area contributed by atoms with E-state index in [2.05, 4.69) is 44.0 Å². The number of carbonyl (C=O) groups is 1. The molecule has 0 aliphatic rings. The smallest absolute Gasteiger partial charge is 0.400 e. The van der Waals surface area contributed by atoms with Gasteiger partial charge in [0.15, 0.2) is 11.7 Å². The number of carbonyl (C=O) groups excluding carboxylic acids is 1. The molecule has 2 aromatic heterocycles. The van der Waals surface area contributed by atoms with Gasteiger partial charge in [0.2, 0.25) is 0 Å². The summed E-state index contributed by atoms with van der Waals surface area (Å²) in [6.45, 7) is 14.5. The van der Waals surface area contributed by atoms with Crippen LogP contribution in [0.15, 0.2) is 72.6 Å². The molecule has 2 heterocycles. The number of aliphatic hydroxyl groups is 1. The van der Waals surface area contributed by atoms with Gasteiger partial charge in [-0.3, -0.25) is 9.78 Å². The number of pyridine rings is 1. The topological polar surface area (TPSA) is 50.2 Å². The Bertz CT molecular complexity index is 2040. The van der Waals surface area contributed by atoms with Crippen molar-refractivity contribution >= 4 is 48.1 Å². The second-order valence-corrected chi connectivity index (χ2v) is 15.5. The number of benzene rings is 3. The molecular weight excluding hydrogens is 901 g/mol. The van der Waals surface area contributed by atoms with Crippen LogP contribution in [0.5, 0.6) is 0 Å². The number of alkyl halides is 6. The molecule has 295 valence electrons. The van der Waals surface area contributed by atoms with Gasteiger partial charge in [-0.2, -0.15) is 26.3 Å². The third-order valence-electron chi connectivity index (χ3n) is 9.91. The van der Waals surface area contributed by atoms with Crippen LogP contribution in [0.3, 0.4) is 0 Å². The number of nitrogens with zero attached hydrogens (tertiary/aromatic N) is 1. The van der Waals surface area contributed by atoms with Gasteiger partial charge >= 0.3 is 12.4 Å². The summed E-state index contributed by atoms with van der Waals surface area (Å²) < 4.78 is 80.3. The Morgan fingerprint density at radius 1 is 0.815 bits per heavy atom. The zero-order valence-corrected chi connectivity index (χ0v) is 34.8. The number of hydrogen-bond donors (Lipinski definition) is 1. The van der Waals surface area contributed by atoms with E-state index in [1.54, 1.807) is 18.3 Å². The van der Waals surface area contributed by atoms with Gasteiger partial charge in [-0.1, -0.05) is 95.8 Å². The number of allylic oxidation sites excluding steroid dienone is 2. The maximum Gasteiger partial charge on any atom is 0.400 e. The minimum absolute atomic E-state index is 0. The zero-order chi connectivity index (χ0) is 39.3. The van der Waals surface area contributed by atoms with E-state index in [1.165, 1.54) is 17.4 Å². The van der Waals surface area contributed by atoms with Gasteiger partial charge < -0.3 is 5.11 Å². The van der Waals surface area contributed by atoms with Crippen molar-refractivity contribution in [2.24, 2.45) is 17.8 Å². The third-order valence-corrected chi connectivity index (χ3v) is 11.2. The second kappa shape index (κ2) is 18.6. The quantitative estimate of drug-likeness (QED) is 0.0621. The van der Waals surface area contributed by atoms with E-state index in [4.69, 9.17) is 0 Å². The Hall–Kier alpha value is -3.27. The van der Waals surface area contributed by atoms with Crippen molar-refractivity contribution < 1.29 is 56.3 Å². The Morgan fingerprint density at radius 2 is 1.39 bits per heavy atom. The average Bonchev–Trinajstić information content (AvgIpc) is 3.47. The molecule has 0 spiro atoms. The largest absolute Gasteiger partial charge is 0.512 e. The van der Waals surface area contributed by atoms with Crippen LogP contribution in [0.4, 0.5) is 26.3 Å². The summed E-state index contributed by atoms with van der Waals surface area (Å²) in [4.78, 5) is 16.4. The fraction of sp³-hybridized carbons (Fsp3) is 0.442. The molecule has 1 radical (unpaired) electrons. The van der Waals surface area contributed by atoms with Crippen molar-refractivity contribution in [3.05, 3.63) is 89.8 Å². The number of hydrogen-bond acceptors (Lipinski definition) is 4. The summed E-state index contributed by atoms with van der Waals surface area (Å²) in [5.74, 6) is -2.81. The monoisotopic (exact) mass is 949 g/mol. The van der Waals surface area contributed by atoms with Crippen LogP contribution in [0.2, 0.25) is 0 Å². The van der Waals surface area contributed by atoms with Gasteiger partial charge in [0.05, 0.1) is 5.76 Å². The first-order valence-corrected chi connectivity index (χ1v) is 19.0.